The summed E-state index contributed by atoms with van der Waals surface area (Å²) in [6.45, 7) is 0. The second-order valence-corrected chi connectivity index (χ2v) is 2.78. The fourth-order valence-electron chi connectivity index (χ4n) is 0.872. The number of benzene rings is 1. The van der Waals surface area contributed by atoms with Gasteiger partial charge >= 0.3 is 0 Å². The normalized spacial score (nSPS) is 9.69. The van der Waals surface area contributed by atoms with Crippen molar-refractivity contribution in [1.82, 2.24) is 0 Å². The Balaban J connectivity index is 3.30. The van der Waals surface area contributed by atoms with Gasteiger partial charge in [0.05, 0.1) is 12.1 Å². The lowest BCUT2D eigenvalue weighted by molar-refractivity contribution is 0.1000. The Labute approximate surface area is 79.9 Å². The molecule has 0 aliphatic rings. The monoisotopic (exact) mass is 201 g/mol. The molecular weight excluding hydrogens is 194 g/mol. The number of hydrogen-bond acceptors (Lipinski definition) is 3. The van der Waals surface area contributed by atoms with Crippen LogP contribution in [0.5, 0.6) is 11.5 Å². The summed E-state index contributed by atoms with van der Waals surface area (Å²) in [5, 5.41) is 9.33. The number of phenolic OH excluding ortho intramolecular Hbond substituents is 1. The first-order chi connectivity index (χ1) is 6.06. The fraction of sp³-hybridized carbons (Fsp3) is 0.125. The highest BCUT2D eigenvalue weighted by atomic mass is 35.5. The molecule has 0 saturated heterocycles. The number of primary amides is 1. The Morgan fingerprint density at radius 2 is 2.23 bits per heavy atom. The maximum absolute atomic E-state index is 10.8. The first-order valence-corrected chi connectivity index (χ1v) is 3.80. The van der Waals surface area contributed by atoms with Crippen molar-refractivity contribution in [2.45, 2.75) is 0 Å². The van der Waals surface area contributed by atoms with E-state index in [1.54, 1.807) is 0 Å². The van der Waals surface area contributed by atoms with Gasteiger partial charge in [0.15, 0.2) is 11.5 Å². The first-order valence-electron chi connectivity index (χ1n) is 3.42. The van der Waals surface area contributed by atoms with E-state index >= 15 is 0 Å². The number of methoxy groups -OCH3 is 1. The molecule has 0 atom stereocenters. The highest BCUT2D eigenvalue weighted by Crippen LogP contribution is 2.34. The SMILES string of the molecule is COc1cc(C(N)=O)cc(Cl)c1O. The summed E-state index contributed by atoms with van der Waals surface area (Å²) in [5.41, 5.74) is 5.22. The van der Waals surface area contributed by atoms with Crippen molar-refractivity contribution in [2.75, 3.05) is 7.11 Å². The molecule has 4 nitrogen and oxygen atoms in total. The molecule has 0 saturated carbocycles. The van der Waals surface area contributed by atoms with Crippen LogP contribution in [0.3, 0.4) is 0 Å². The van der Waals surface area contributed by atoms with Crippen LogP contribution in [0.4, 0.5) is 0 Å². The molecule has 0 heterocycles. The minimum Gasteiger partial charge on any atom is -0.503 e. The Morgan fingerprint density at radius 3 is 2.69 bits per heavy atom. The van der Waals surface area contributed by atoms with Crippen LogP contribution in [0, 0.1) is 0 Å². The molecule has 1 rings (SSSR count). The molecule has 0 radical (unpaired) electrons. The van der Waals surface area contributed by atoms with E-state index in [2.05, 4.69) is 0 Å². The van der Waals surface area contributed by atoms with E-state index in [1.807, 2.05) is 0 Å². The topological polar surface area (TPSA) is 72.5 Å². The molecule has 0 spiro atoms. The van der Waals surface area contributed by atoms with Crippen LogP contribution in [0.15, 0.2) is 12.1 Å². The number of carbonyl (C=O) groups is 1. The molecule has 3 N–H and O–H groups in total. The summed E-state index contributed by atoms with van der Waals surface area (Å²) in [7, 11) is 1.36. The largest absolute Gasteiger partial charge is 0.503 e. The summed E-state index contributed by atoms with van der Waals surface area (Å²) < 4.78 is 4.77. The van der Waals surface area contributed by atoms with Gasteiger partial charge in [-0.3, -0.25) is 4.79 Å². The van der Waals surface area contributed by atoms with Crippen molar-refractivity contribution in [2.24, 2.45) is 5.73 Å². The number of amides is 1. The highest BCUT2D eigenvalue weighted by Gasteiger charge is 2.11. The zero-order chi connectivity index (χ0) is 10.0. The number of halogens is 1. The standard InChI is InChI=1S/C8H8ClNO3/c1-13-6-3-4(8(10)12)2-5(9)7(6)11/h2-3,11H,1H3,(H2,10,12). The van der Waals surface area contributed by atoms with Gasteiger partial charge in [-0.2, -0.15) is 0 Å². The molecule has 1 aromatic rings. The third-order valence-electron chi connectivity index (χ3n) is 1.53. The molecule has 5 heteroatoms. The summed E-state index contributed by atoms with van der Waals surface area (Å²) in [6, 6.07) is 2.60. The number of aromatic hydroxyl groups is 1. The molecule has 1 amide bonds. The van der Waals surface area contributed by atoms with E-state index in [9.17, 15) is 9.90 Å². The summed E-state index contributed by atoms with van der Waals surface area (Å²) >= 11 is 5.60. The lowest BCUT2D eigenvalue weighted by Crippen LogP contribution is -2.10. The lowest BCUT2D eigenvalue weighted by atomic mass is 10.2. The van der Waals surface area contributed by atoms with Crippen LogP contribution >= 0.6 is 11.6 Å². The van der Waals surface area contributed by atoms with Gasteiger partial charge in [0.25, 0.3) is 0 Å². The number of hydrogen-bond donors (Lipinski definition) is 2. The Morgan fingerprint density at radius 1 is 1.62 bits per heavy atom. The van der Waals surface area contributed by atoms with E-state index in [1.165, 1.54) is 19.2 Å². The van der Waals surface area contributed by atoms with Crippen LogP contribution < -0.4 is 10.5 Å². The van der Waals surface area contributed by atoms with Crippen LogP contribution in [-0.4, -0.2) is 18.1 Å². The number of carbonyl (C=O) groups excluding carboxylic acids is 1. The third-order valence-corrected chi connectivity index (χ3v) is 1.82. The van der Waals surface area contributed by atoms with Crippen molar-refractivity contribution in [3.63, 3.8) is 0 Å². The molecule has 70 valence electrons. The van der Waals surface area contributed by atoms with Crippen LogP contribution in [0.1, 0.15) is 10.4 Å². The van der Waals surface area contributed by atoms with Gasteiger partial charge in [0, 0.05) is 5.56 Å². The summed E-state index contributed by atoms with van der Waals surface area (Å²) in [6.07, 6.45) is 0. The third kappa shape index (κ3) is 1.84. The quantitative estimate of drug-likeness (QED) is 0.754. The predicted molar refractivity (Wildman–Crippen MR) is 48.2 cm³/mol. The Bertz CT molecular complexity index is 351. The van der Waals surface area contributed by atoms with Crippen LogP contribution in [0.25, 0.3) is 0 Å². The molecule has 0 aliphatic carbocycles. The fourth-order valence-corrected chi connectivity index (χ4v) is 1.08. The lowest BCUT2D eigenvalue weighted by Gasteiger charge is -2.06. The average Bonchev–Trinajstić information content (AvgIpc) is 2.09. The van der Waals surface area contributed by atoms with E-state index < -0.39 is 5.91 Å². The highest BCUT2D eigenvalue weighted by molar-refractivity contribution is 6.32. The molecular formula is C8H8ClNO3. The zero-order valence-electron chi connectivity index (χ0n) is 6.87. The summed E-state index contributed by atoms with van der Waals surface area (Å²) in [4.78, 5) is 10.8. The van der Waals surface area contributed by atoms with E-state index in [0.717, 1.165) is 0 Å². The van der Waals surface area contributed by atoms with Gasteiger partial charge in [-0.1, -0.05) is 11.6 Å². The molecule has 0 bridgehead atoms. The van der Waals surface area contributed by atoms with E-state index in [-0.39, 0.29) is 22.1 Å². The number of rotatable bonds is 2. The van der Waals surface area contributed by atoms with E-state index in [4.69, 9.17) is 22.1 Å². The molecule has 0 fully saturated rings. The van der Waals surface area contributed by atoms with Gasteiger partial charge in [-0.15, -0.1) is 0 Å². The predicted octanol–water partition coefficient (Wildman–Crippen LogP) is 1.15. The van der Waals surface area contributed by atoms with Crippen molar-refractivity contribution in [3.8, 4) is 11.5 Å². The summed E-state index contributed by atoms with van der Waals surface area (Å²) in [5.74, 6) is -0.698. The molecule has 13 heavy (non-hydrogen) atoms. The minimum atomic E-state index is -0.625. The molecule has 0 unspecified atom stereocenters. The molecule has 0 aromatic heterocycles. The smallest absolute Gasteiger partial charge is 0.248 e. The molecule has 0 aliphatic heterocycles. The van der Waals surface area contributed by atoms with Crippen molar-refractivity contribution in [1.29, 1.82) is 0 Å². The molecule has 1 aromatic carbocycles. The minimum absolute atomic E-state index is 0.0353. The van der Waals surface area contributed by atoms with Crippen LogP contribution in [-0.2, 0) is 0 Å². The van der Waals surface area contributed by atoms with Gasteiger partial charge in [0.1, 0.15) is 0 Å². The number of nitrogens with two attached hydrogens (primary N) is 1. The van der Waals surface area contributed by atoms with Crippen molar-refractivity contribution < 1.29 is 14.6 Å². The van der Waals surface area contributed by atoms with Gasteiger partial charge in [-0.05, 0) is 12.1 Å². The van der Waals surface area contributed by atoms with Gasteiger partial charge < -0.3 is 15.6 Å². The Kier molecular flexibility index (Phi) is 2.63. The second-order valence-electron chi connectivity index (χ2n) is 2.37. The van der Waals surface area contributed by atoms with E-state index in [0.29, 0.717) is 0 Å². The maximum Gasteiger partial charge on any atom is 0.248 e. The van der Waals surface area contributed by atoms with Gasteiger partial charge in [0.2, 0.25) is 5.91 Å². The first kappa shape index (κ1) is 9.67. The van der Waals surface area contributed by atoms with Crippen LogP contribution in [0.2, 0.25) is 5.02 Å². The number of ether oxygens (including phenoxy) is 1. The van der Waals surface area contributed by atoms with Gasteiger partial charge in [-0.25, -0.2) is 0 Å². The maximum atomic E-state index is 10.8. The number of phenols is 1. The van der Waals surface area contributed by atoms with Crippen molar-refractivity contribution >= 4 is 17.5 Å². The second kappa shape index (κ2) is 3.53. The average molecular weight is 202 g/mol. The van der Waals surface area contributed by atoms with Crippen molar-refractivity contribution in [3.05, 3.63) is 22.7 Å². The zero-order valence-corrected chi connectivity index (χ0v) is 7.63. The Hall–Kier alpha value is -1.42.